The lowest BCUT2D eigenvalue weighted by molar-refractivity contribution is 0.351. The molecule has 1 aromatic rings. The molecule has 0 saturated heterocycles. The molecule has 3 nitrogen and oxygen atoms in total. The Morgan fingerprint density at radius 1 is 1.36 bits per heavy atom. The minimum atomic E-state index is 0.0960. The first-order valence-electron chi connectivity index (χ1n) is 3.63. The quantitative estimate of drug-likeness (QED) is 0.695. The zero-order valence-corrected chi connectivity index (χ0v) is 7.80. The highest BCUT2D eigenvalue weighted by Gasteiger charge is 2.16. The minimum Gasteiger partial charge on any atom is -0.342 e. The van der Waals surface area contributed by atoms with Gasteiger partial charge in [0.1, 0.15) is 5.69 Å². The van der Waals surface area contributed by atoms with Gasteiger partial charge in [-0.25, -0.2) is 0 Å². The first kappa shape index (κ1) is 8.59. The molecule has 0 fully saturated rings. The van der Waals surface area contributed by atoms with Gasteiger partial charge < -0.3 is 4.52 Å². The molecule has 62 valence electrons. The Morgan fingerprint density at radius 3 is 2.36 bits per heavy atom. The van der Waals surface area contributed by atoms with E-state index in [-0.39, 0.29) is 5.25 Å². The van der Waals surface area contributed by atoms with Gasteiger partial charge >= 0.3 is 0 Å². The van der Waals surface area contributed by atoms with Crippen molar-refractivity contribution in [2.75, 3.05) is 0 Å². The molecule has 11 heavy (non-hydrogen) atoms. The van der Waals surface area contributed by atoms with Crippen molar-refractivity contribution in [2.24, 2.45) is 0 Å². The number of rotatable bonds is 2. The highest BCUT2D eigenvalue weighted by molar-refractivity contribution is 7.80. The molecule has 0 N–H and O–H groups in total. The second-order valence-corrected chi connectivity index (χ2v) is 3.63. The molecule has 1 rings (SSSR count). The van der Waals surface area contributed by atoms with Crippen LogP contribution in [0.5, 0.6) is 0 Å². The fraction of sp³-hybridized carbons (Fsp3) is 0.714. The lowest BCUT2D eigenvalue weighted by Gasteiger charge is -2.02. The third kappa shape index (κ3) is 1.74. The van der Waals surface area contributed by atoms with Gasteiger partial charge in [-0.15, -0.1) is 5.10 Å². The van der Waals surface area contributed by atoms with E-state index in [0.29, 0.717) is 5.92 Å². The minimum absolute atomic E-state index is 0.0960. The van der Waals surface area contributed by atoms with Gasteiger partial charge in [-0.2, -0.15) is 12.6 Å². The van der Waals surface area contributed by atoms with E-state index in [2.05, 4.69) is 23.0 Å². The van der Waals surface area contributed by atoms with E-state index in [4.69, 9.17) is 4.52 Å². The number of nitrogens with zero attached hydrogens (tertiary/aromatic N) is 2. The summed E-state index contributed by atoms with van der Waals surface area (Å²) in [7, 11) is 0. The summed E-state index contributed by atoms with van der Waals surface area (Å²) < 4.78 is 4.98. The summed E-state index contributed by atoms with van der Waals surface area (Å²) in [4.78, 5) is 0. The molecule has 0 aromatic carbocycles. The average molecular weight is 172 g/mol. The van der Waals surface area contributed by atoms with E-state index in [1.807, 2.05) is 20.8 Å². The molecule has 1 atom stereocenters. The third-order valence-corrected chi connectivity index (χ3v) is 1.70. The van der Waals surface area contributed by atoms with Gasteiger partial charge in [0.15, 0.2) is 5.76 Å². The molecule has 0 aliphatic carbocycles. The smallest absolute Gasteiger partial charge is 0.164 e. The van der Waals surface area contributed by atoms with E-state index in [1.54, 1.807) is 0 Å². The predicted molar refractivity (Wildman–Crippen MR) is 45.8 cm³/mol. The van der Waals surface area contributed by atoms with E-state index in [9.17, 15) is 0 Å². The topological polar surface area (TPSA) is 38.9 Å². The van der Waals surface area contributed by atoms with E-state index < -0.39 is 0 Å². The fourth-order valence-electron chi connectivity index (χ4n) is 0.895. The number of hydrogen-bond donors (Lipinski definition) is 1. The predicted octanol–water partition coefficient (Wildman–Crippen LogP) is 2.18. The second kappa shape index (κ2) is 3.26. The summed E-state index contributed by atoms with van der Waals surface area (Å²) in [5, 5.41) is 7.43. The van der Waals surface area contributed by atoms with Crippen molar-refractivity contribution < 1.29 is 4.52 Å². The summed E-state index contributed by atoms with van der Waals surface area (Å²) in [6.45, 7) is 6.04. The zero-order chi connectivity index (χ0) is 8.43. The maximum Gasteiger partial charge on any atom is 0.164 e. The first-order valence-corrected chi connectivity index (χ1v) is 4.14. The molecule has 4 heteroatoms. The molecule has 0 radical (unpaired) electrons. The van der Waals surface area contributed by atoms with Crippen molar-refractivity contribution in [3.8, 4) is 0 Å². The highest BCUT2D eigenvalue weighted by atomic mass is 32.1. The van der Waals surface area contributed by atoms with Gasteiger partial charge in [0.25, 0.3) is 0 Å². The number of hydrogen-bond acceptors (Lipinski definition) is 4. The normalized spacial score (nSPS) is 13.9. The van der Waals surface area contributed by atoms with E-state index >= 15 is 0 Å². The summed E-state index contributed by atoms with van der Waals surface area (Å²) in [5.74, 6) is 1.17. The van der Waals surface area contributed by atoms with Gasteiger partial charge in [0.2, 0.25) is 0 Å². The second-order valence-electron chi connectivity index (χ2n) is 2.85. The third-order valence-electron chi connectivity index (χ3n) is 1.46. The van der Waals surface area contributed by atoms with Crippen LogP contribution in [0.15, 0.2) is 4.52 Å². The van der Waals surface area contributed by atoms with Crippen molar-refractivity contribution in [2.45, 2.75) is 31.9 Å². The van der Waals surface area contributed by atoms with Crippen molar-refractivity contribution in [3.63, 3.8) is 0 Å². The molecule has 0 saturated carbocycles. The van der Waals surface area contributed by atoms with Crippen molar-refractivity contribution in [1.82, 2.24) is 10.4 Å². The molecule has 0 aliphatic rings. The molecule has 0 spiro atoms. The van der Waals surface area contributed by atoms with Crippen LogP contribution in [0.2, 0.25) is 0 Å². The summed E-state index contributed by atoms with van der Waals surface area (Å²) in [6, 6.07) is 0. The van der Waals surface area contributed by atoms with Crippen LogP contribution in [0.25, 0.3) is 0 Å². The van der Waals surface area contributed by atoms with Crippen molar-refractivity contribution in [1.29, 1.82) is 0 Å². The van der Waals surface area contributed by atoms with E-state index in [0.717, 1.165) is 11.5 Å². The zero-order valence-electron chi connectivity index (χ0n) is 6.90. The average Bonchev–Trinajstić information content (AvgIpc) is 2.32. The maximum atomic E-state index is 4.98. The summed E-state index contributed by atoms with van der Waals surface area (Å²) in [5.41, 5.74) is 0.850. The number of aromatic nitrogens is 2. The molecule has 1 unspecified atom stereocenters. The Labute approximate surface area is 71.6 Å². The Balaban J connectivity index is 2.96. The first-order chi connectivity index (χ1) is 5.13. The van der Waals surface area contributed by atoms with E-state index in [1.165, 1.54) is 0 Å². The lowest BCUT2D eigenvalue weighted by atomic mass is 10.1. The van der Waals surface area contributed by atoms with Gasteiger partial charge in [0, 0.05) is 16.4 Å². The molecule has 0 bridgehead atoms. The van der Waals surface area contributed by atoms with Crippen LogP contribution in [-0.2, 0) is 0 Å². The molecule has 1 heterocycles. The largest absolute Gasteiger partial charge is 0.342 e. The molecule has 1 aromatic heterocycles. The Morgan fingerprint density at radius 2 is 2.00 bits per heavy atom. The Bertz CT molecular complexity index is 210. The van der Waals surface area contributed by atoms with Crippen LogP contribution in [0.3, 0.4) is 0 Å². The SMILES string of the molecule is CC(C)c1onnc1C(C)S. The fourth-order valence-corrected chi connectivity index (χ4v) is 1.07. The monoisotopic (exact) mass is 172 g/mol. The van der Waals surface area contributed by atoms with Gasteiger partial charge in [-0.05, 0) is 6.92 Å². The Kier molecular flexibility index (Phi) is 2.54. The highest BCUT2D eigenvalue weighted by Crippen LogP contribution is 2.25. The lowest BCUT2D eigenvalue weighted by Crippen LogP contribution is -1.93. The van der Waals surface area contributed by atoms with Crippen molar-refractivity contribution in [3.05, 3.63) is 11.5 Å². The molecular formula is C7H12N2OS. The Hall–Kier alpha value is -0.510. The van der Waals surface area contributed by atoms with Crippen LogP contribution in [-0.4, -0.2) is 10.4 Å². The van der Waals surface area contributed by atoms with Gasteiger partial charge in [0.05, 0.1) is 0 Å². The molecule has 0 amide bonds. The van der Waals surface area contributed by atoms with Gasteiger partial charge in [-0.3, -0.25) is 0 Å². The van der Waals surface area contributed by atoms with Crippen LogP contribution >= 0.6 is 12.6 Å². The van der Waals surface area contributed by atoms with Crippen LogP contribution in [0.4, 0.5) is 0 Å². The molecular weight excluding hydrogens is 160 g/mol. The van der Waals surface area contributed by atoms with Crippen molar-refractivity contribution >= 4 is 12.6 Å². The molecule has 0 aliphatic heterocycles. The van der Waals surface area contributed by atoms with Crippen LogP contribution < -0.4 is 0 Å². The van der Waals surface area contributed by atoms with Crippen LogP contribution in [0, 0.1) is 0 Å². The summed E-state index contributed by atoms with van der Waals surface area (Å²) in [6.07, 6.45) is 0. The van der Waals surface area contributed by atoms with Crippen LogP contribution in [0.1, 0.15) is 43.4 Å². The van der Waals surface area contributed by atoms with Gasteiger partial charge in [-0.1, -0.05) is 13.8 Å². The maximum absolute atomic E-state index is 4.98. The standard InChI is InChI=1S/C7H12N2OS/c1-4(2)7-6(5(3)11)8-9-10-7/h4-5,11H,1-3H3. The summed E-state index contributed by atoms with van der Waals surface area (Å²) >= 11 is 4.26. The number of thiol groups is 1.